The van der Waals surface area contributed by atoms with Crippen molar-refractivity contribution in [1.29, 1.82) is 0 Å². The van der Waals surface area contributed by atoms with Crippen molar-refractivity contribution in [3.8, 4) is 16.9 Å². The predicted octanol–water partition coefficient (Wildman–Crippen LogP) is 5.35. The minimum absolute atomic E-state index is 0.000281. The summed E-state index contributed by atoms with van der Waals surface area (Å²) in [5, 5.41) is 17.9. The lowest BCUT2D eigenvalue weighted by Crippen LogP contribution is -2.41. The Kier molecular flexibility index (Phi) is 10.3. The molecule has 2 heterocycles. The highest BCUT2D eigenvalue weighted by Gasteiger charge is 2.45. The minimum Gasteiger partial charge on any atom is -0.542 e. The molecule has 246 valence electrons. The molecule has 0 aromatic heterocycles. The fourth-order valence-electron chi connectivity index (χ4n) is 5.77. The number of carbonyl (C=O) groups excluding carboxylic acids is 2. The van der Waals surface area contributed by atoms with Crippen LogP contribution in [0.5, 0.6) is 5.75 Å². The Hall–Kier alpha value is -4.52. The number of anilines is 1. The Bertz CT molecular complexity index is 1600. The number of nitrogens with zero attached hydrogens (tertiary/aromatic N) is 2. The third kappa shape index (κ3) is 7.82. The van der Waals surface area contributed by atoms with Crippen molar-refractivity contribution >= 4 is 23.5 Å². The molecule has 2 aliphatic rings. The van der Waals surface area contributed by atoms with Crippen LogP contribution in [0.3, 0.4) is 0 Å². The lowest BCUT2D eigenvalue weighted by molar-refractivity contribution is -0.344. The molecule has 0 atom stereocenters. The number of alkyl halides is 3. The van der Waals surface area contributed by atoms with Gasteiger partial charge in [-0.3, -0.25) is 9.69 Å². The molecule has 3 aromatic carbocycles. The van der Waals surface area contributed by atoms with Gasteiger partial charge in [0.2, 0.25) is 5.91 Å². The molecule has 0 aliphatic carbocycles. The van der Waals surface area contributed by atoms with Crippen molar-refractivity contribution in [3.05, 3.63) is 82.9 Å². The van der Waals surface area contributed by atoms with Gasteiger partial charge in [-0.05, 0) is 105 Å². The molecule has 46 heavy (non-hydrogen) atoms. The van der Waals surface area contributed by atoms with Crippen LogP contribution in [-0.2, 0) is 16.1 Å². The normalized spacial score (nSPS) is 16.2. The van der Waals surface area contributed by atoms with Gasteiger partial charge in [-0.25, -0.2) is 13.6 Å². The van der Waals surface area contributed by atoms with Gasteiger partial charge < -0.3 is 24.6 Å². The average molecular weight is 648 g/mol. The number of aliphatic carboxylic acids is 1. The highest BCUT2D eigenvalue weighted by atomic mass is 19.4. The molecular formula is C33H32F5N2O6-. The van der Waals surface area contributed by atoms with Crippen LogP contribution in [0.4, 0.5) is 27.6 Å². The molecule has 8 nitrogen and oxygen atoms in total. The number of ether oxygens (including phenoxy) is 1. The summed E-state index contributed by atoms with van der Waals surface area (Å²) in [7, 11) is 0. The number of benzene rings is 3. The number of rotatable bonds is 7. The van der Waals surface area contributed by atoms with Crippen molar-refractivity contribution in [2.45, 2.75) is 45.8 Å². The number of carboxylic acid groups (broad SMARTS) is 2. The number of hydrogen-bond donors (Lipinski definition) is 1. The second-order valence-corrected chi connectivity index (χ2v) is 11.4. The molecule has 13 heteroatoms. The molecule has 2 fully saturated rings. The van der Waals surface area contributed by atoms with E-state index in [0.717, 1.165) is 37.2 Å². The van der Waals surface area contributed by atoms with Gasteiger partial charge in [0, 0.05) is 36.3 Å². The highest BCUT2D eigenvalue weighted by Crippen LogP contribution is 2.43. The standard InChI is InChI=1S/C31H32F2N2O4.C2HF3O2/c1-3-39-24-8-9-25(26-10-11-27(32)20(2)29(26)33)22(16-24)18-34-14-12-31(13-15-34)17-28(36)35(19-31)23-6-4-21(5-7-23)30(37)38;3-2(4,5)1(6)7/h4-11,16H,3,12-15,17-19H2,1-2H3,(H,37,38);(H,6,7)/p-1. The number of piperidine rings is 1. The second-order valence-electron chi connectivity index (χ2n) is 11.4. The molecule has 2 aliphatic heterocycles. The molecule has 0 unspecified atom stereocenters. The topological polar surface area (TPSA) is 110 Å². The number of amides is 1. The molecule has 0 radical (unpaired) electrons. The van der Waals surface area contributed by atoms with E-state index in [0.29, 0.717) is 43.0 Å². The predicted molar refractivity (Wildman–Crippen MR) is 156 cm³/mol. The first-order valence-corrected chi connectivity index (χ1v) is 14.5. The monoisotopic (exact) mass is 647 g/mol. The third-order valence-corrected chi connectivity index (χ3v) is 8.29. The molecular weight excluding hydrogens is 615 g/mol. The number of aromatic carboxylic acids is 1. The van der Waals surface area contributed by atoms with Crippen molar-refractivity contribution in [2.24, 2.45) is 5.41 Å². The lowest BCUT2D eigenvalue weighted by Gasteiger charge is -2.39. The van der Waals surface area contributed by atoms with Crippen LogP contribution >= 0.6 is 0 Å². The quantitative estimate of drug-likeness (QED) is 0.344. The van der Waals surface area contributed by atoms with Crippen molar-refractivity contribution < 1.29 is 51.3 Å². The zero-order valence-electron chi connectivity index (χ0n) is 25.1. The SMILES string of the molecule is CCOc1ccc(-c2ccc(F)c(C)c2F)c(CN2CCC3(CC2)CC(=O)N(c2ccc(C(=O)O)cc2)C3)c1.O=C([O-])C(F)(F)F. The van der Waals surface area contributed by atoms with E-state index in [9.17, 15) is 27.2 Å². The number of carboxylic acids is 2. The first kappa shape index (κ1) is 34.4. The number of carbonyl (C=O) groups is 3. The van der Waals surface area contributed by atoms with Gasteiger partial charge in [0.15, 0.2) is 0 Å². The van der Waals surface area contributed by atoms with Gasteiger partial charge in [0.25, 0.3) is 0 Å². The summed E-state index contributed by atoms with van der Waals surface area (Å²) >= 11 is 0. The van der Waals surface area contributed by atoms with E-state index < -0.39 is 29.7 Å². The van der Waals surface area contributed by atoms with Crippen LogP contribution in [0.1, 0.15) is 47.7 Å². The van der Waals surface area contributed by atoms with Crippen LogP contribution in [0.15, 0.2) is 54.6 Å². The van der Waals surface area contributed by atoms with Gasteiger partial charge in [0.05, 0.1) is 12.2 Å². The van der Waals surface area contributed by atoms with Crippen molar-refractivity contribution in [3.63, 3.8) is 0 Å². The van der Waals surface area contributed by atoms with E-state index in [1.54, 1.807) is 17.0 Å². The summed E-state index contributed by atoms with van der Waals surface area (Å²) < 4.78 is 66.3. The summed E-state index contributed by atoms with van der Waals surface area (Å²) in [6.07, 6.45) is -3.05. The van der Waals surface area contributed by atoms with Gasteiger partial charge >= 0.3 is 12.1 Å². The maximum absolute atomic E-state index is 15.1. The Morgan fingerprint density at radius 2 is 1.61 bits per heavy atom. The first-order chi connectivity index (χ1) is 21.6. The minimum atomic E-state index is -5.19. The summed E-state index contributed by atoms with van der Waals surface area (Å²) in [5.74, 6) is -4.37. The van der Waals surface area contributed by atoms with Gasteiger partial charge in [0.1, 0.15) is 23.4 Å². The third-order valence-electron chi connectivity index (χ3n) is 8.29. The summed E-state index contributed by atoms with van der Waals surface area (Å²) in [4.78, 5) is 37.0. The molecule has 5 rings (SSSR count). The van der Waals surface area contributed by atoms with E-state index in [1.165, 1.54) is 31.2 Å². The zero-order chi connectivity index (χ0) is 33.8. The van der Waals surface area contributed by atoms with Gasteiger partial charge in [-0.1, -0.05) is 6.07 Å². The molecule has 0 bridgehead atoms. The highest BCUT2D eigenvalue weighted by molar-refractivity contribution is 5.97. The molecule has 1 N–H and O–H groups in total. The maximum atomic E-state index is 15.1. The van der Waals surface area contributed by atoms with Crippen LogP contribution in [0.2, 0.25) is 0 Å². The smallest absolute Gasteiger partial charge is 0.430 e. The Labute approximate surface area is 262 Å². The average Bonchev–Trinajstić information content (AvgIpc) is 3.33. The van der Waals surface area contributed by atoms with E-state index in [4.69, 9.17) is 19.7 Å². The summed E-state index contributed by atoms with van der Waals surface area (Å²) in [6.45, 7) is 6.61. The van der Waals surface area contributed by atoms with Gasteiger partial charge in [-0.2, -0.15) is 13.2 Å². The maximum Gasteiger partial charge on any atom is 0.430 e. The Morgan fingerprint density at radius 3 is 2.17 bits per heavy atom. The largest absolute Gasteiger partial charge is 0.542 e. The van der Waals surface area contributed by atoms with Crippen LogP contribution < -0.4 is 14.7 Å². The zero-order valence-corrected chi connectivity index (χ0v) is 25.1. The summed E-state index contributed by atoms with van der Waals surface area (Å²) in [5.41, 5.74) is 2.77. The number of hydrogen-bond acceptors (Lipinski definition) is 6. The Morgan fingerprint density at radius 1 is 1.00 bits per heavy atom. The van der Waals surface area contributed by atoms with E-state index in [2.05, 4.69) is 4.90 Å². The fraction of sp³-hybridized carbons (Fsp3) is 0.364. The van der Waals surface area contributed by atoms with Crippen LogP contribution in [0, 0.1) is 24.0 Å². The van der Waals surface area contributed by atoms with E-state index in [-0.39, 0.29) is 22.4 Å². The van der Waals surface area contributed by atoms with Crippen molar-refractivity contribution in [1.82, 2.24) is 4.90 Å². The first-order valence-electron chi connectivity index (χ1n) is 14.5. The number of likely N-dealkylation sites (tertiary alicyclic amines) is 1. The summed E-state index contributed by atoms with van der Waals surface area (Å²) in [6, 6.07) is 14.8. The van der Waals surface area contributed by atoms with Gasteiger partial charge in [-0.15, -0.1) is 0 Å². The number of halogens is 5. The van der Waals surface area contributed by atoms with Crippen LogP contribution in [-0.4, -0.2) is 60.3 Å². The molecule has 3 aromatic rings. The van der Waals surface area contributed by atoms with Crippen molar-refractivity contribution in [2.75, 3.05) is 31.1 Å². The van der Waals surface area contributed by atoms with Crippen LogP contribution in [0.25, 0.3) is 11.1 Å². The lowest BCUT2D eigenvalue weighted by atomic mass is 9.77. The Balaban J connectivity index is 0.000000617. The second kappa shape index (κ2) is 13.9. The fourth-order valence-corrected chi connectivity index (χ4v) is 5.77. The molecule has 2 saturated heterocycles. The molecule has 1 amide bonds. The van der Waals surface area contributed by atoms with E-state index >= 15 is 4.39 Å². The van der Waals surface area contributed by atoms with E-state index in [1.807, 2.05) is 25.1 Å². The molecule has 0 saturated carbocycles. The molecule has 1 spiro atoms.